The highest BCUT2D eigenvalue weighted by Gasteiger charge is 2.16. The van der Waals surface area contributed by atoms with Gasteiger partial charge in [0.05, 0.1) is 16.4 Å². The highest BCUT2D eigenvalue weighted by molar-refractivity contribution is 7.99. The SMILES string of the molecule is CC(SCc1nc2scc(-c3ccccc3)c2c(=O)[nH]1)C(=O)Nc1cccc(Cl)c1. The summed E-state index contributed by atoms with van der Waals surface area (Å²) in [6, 6.07) is 16.8. The van der Waals surface area contributed by atoms with Crippen molar-refractivity contribution in [3.63, 3.8) is 0 Å². The van der Waals surface area contributed by atoms with Crippen LogP contribution in [0.5, 0.6) is 0 Å². The minimum Gasteiger partial charge on any atom is -0.325 e. The molecular formula is C22H18ClN3O2S2. The molecule has 0 bridgehead atoms. The summed E-state index contributed by atoms with van der Waals surface area (Å²) in [4.78, 5) is 33.3. The molecule has 0 aliphatic rings. The summed E-state index contributed by atoms with van der Waals surface area (Å²) < 4.78 is 0. The Balaban J connectivity index is 1.47. The highest BCUT2D eigenvalue weighted by Crippen LogP contribution is 2.31. The number of halogens is 1. The van der Waals surface area contributed by atoms with E-state index in [-0.39, 0.29) is 16.7 Å². The molecule has 8 heteroatoms. The van der Waals surface area contributed by atoms with Gasteiger partial charge < -0.3 is 10.3 Å². The fourth-order valence-corrected chi connectivity index (χ4v) is 4.89. The van der Waals surface area contributed by atoms with Crippen LogP contribution in [0.4, 0.5) is 5.69 Å². The first-order chi connectivity index (χ1) is 14.5. The van der Waals surface area contributed by atoms with E-state index in [4.69, 9.17) is 11.6 Å². The van der Waals surface area contributed by atoms with Gasteiger partial charge in [-0.15, -0.1) is 23.1 Å². The molecule has 0 aliphatic carbocycles. The van der Waals surface area contributed by atoms with Crippen LogP contribution in [-0.2, 0) is 10.5 Å². The fraction of sp³-hybridized carbons (Fsp3) is 0.136. The number of anilines is 1. The van der Waals surface area contributed by atoms with Gasteiger partial charge in [0.15, 0.2) is 0 Å². The van der Waals surface area contributed by atoms with Crippen LogP contribution in [0, 0.1) is 0 Å². The van der Waals surface area contributed by atoms with Gasteiger partial charge in [-0.25, -0.2) is 4.98 Å². The highest BCUT2D eigenvalue weighted by atomic mass is 35.5. The number of nitrogens with zero attached hydrogens (tertiary/aromatic N) is 1. The van der Waals surface area contributed by atoms with Gasteiger partial charge in [0.1, 0.15) is 10.7 Å². The van der Waals surface area contributed by atoms with E-state index in [0.717, 1.165) is 11.1 Å². The summed E-state index contributed by atoms with van der Waals surface area (Å²) in [7, 11) is 0. The molecule has 5 nitrogen and oxygen atoms in total. The van der Waals surface area contributed by atoms with Gasteiger partial charge in [0.2, 0.25) is 5.91 Å². The van der Waals surface area contributed by atoms with Crippen LogP contribution in [0.2, 0.25) is 5.02 Å². The van der Waals surface area contributed by atoms with Crippen molar-refractivity contribution >= 4 is 56.5 Å². The number of H-pyrrole nitrogens is 1. The molecule has 2 aromatic heterocycles. The Morgan fingerprint density at radius 2 is 2.03 bits per heavy atom. The maximum absolute atomic E-state index is 12.7. The van der Waals surface area contributed by atoms with E-state index in [9.17, 15) is 9.59 Å². The smallest absolute Gasteiger partial charge is 0.260 e. The third-order valence-corrected chi connectivity index (χ3v) is 6.77. The lowest BCUT2D eigenvalue weighted by atomic mass is 10.1. The number of aromatic nitrogens is 2. The number of amides is 1. The predicted octanol–water partition coefficient (Wildman–Crippen LogP) is 5.57. The van der Waals surface area contributed by atoms with Crippen LogP contribution in [-0.4, -0.2) is 21.1 Å². The molecule has 1 atom stereocenters. The van der Waals surface area contributed by atoms with Crippen molar-refractivity contribution in [2.45, 2.75) is 17.9 Å². The number of fused-ring (bicyclic) bond motifs is 1. The summed E-state index contributed by atoms with van der Waals surface area (Å²) in [6.45, 7) is 1.82. The van der Waals surface area contributed by atoms with Gasteiger partial charge in [-0.05, 0) is 30.7 Å². The fourth-order valence-electron chi connectivity index (χ4n) is 2.98. The number of carbonyl (C=O) groups excluding carboxylic acids is 1. The van der Waals surface area contributed by atoms with E-state index in [1.165, 1.54) is 23.1 Å². The second kappa shape index (κ2) is 9.04. The quantitative estimate of drug-likeness (QED) is 0.398. The Hall–Kier alpha value is -2.61. The number of rotatable bonds is 6. The number of aromatic amines is 1. The summed E-state index contributed by atoms with van der Waals surface area (Å²) >= 11 is 8.81. The van der Waals surface area contributed by atoms with Gasteiger partial charge in [-0.2, -0.15) is 0 Å². The molecule has 0 radical (unpaired) electrons. The van der Waals surface area contributed by atoms with Crippen LogP contribution in [0.3, 0.4) is 0 Å². The van der Waals surface area contributed by atoms with Crippen molar-refractivity contribution in [2.75, 3.05) is 5.32 Å². The Labute approximate surface area is 186 Å². The van der Waals surface area contributed by atoms with E-state index in [1.54, 1.807) is 24.3 Å². The second-order valence-electron chi connectivity index (χ2n) is 6.66. The van der Waals surface area contributed by atoms with Gasteiger partial charge in [-0.1, -0.05) is 48.0 Å². The minimum atomic E-state index is -0.326. The van der Waals surface area contributed by atoms with Crippen molar-refractivity contribution in [1.29, 1.82) is 0 Å². The van der Waals surface area contributed by atoms with E-state index in [1.807, 2.05) is 42.6 Å². The third-order valence-electron chi connectivity index (χ3n) is 4.51. The summed E-state index contributed by atoms with van der Waals surface area (Å²) in [5.74, 6) is 0.850. The topological polar surface area (TPSA) is 74.8 Å². The number of benzene rings is 2. The first-order valence-electron chi connectivity index (χ1n) is 9.25. The van der Waals surface area contributed by atoms with Crippen LogP contribution in [0.25, 0.3) is 21.3 Å². The summed E-state index contributed by atoms with van der Waals surface area (Å²) in [5, 5.41) is 5.65. The van der Waals surface area contributed by atoms with Crippen LogP contribution in [0.1, 0.15) is 12.7 Å². The summed E-state index contributed by atoms with van der Waals surface area (Å²) in [5.41, 5.74) is 2.37. The van der Waals surface area contributed by atoms with Crippen molar-refractivity contribution in [1.82, 2.24) is 9.97 Å². The van der Waals surface area contributed by atoms with E-state index in [2.05, 4.69) is 15.3 Å². The molecule has 2 heterocycles. The molecule has 152 valence electrons. The number of thiophene rings is 1. The molecule has 4 rings (SSSR count). The van der Waals surface area contributed by atoms with Crippen molar-refractivity contribution in [3.05, 3.63) is 81.2 Å². The van der Waals surface area contributed by atoms with Gasteiger partial charge in [-0.3, -0.25) is 9.59 Å². The molecule has 1 unspecified atom stereocenters. The van der Waals surface area contributed by atoms with Crippen LogP contribution < -0.4 is 10.9 Å². The zero-order chi connectivity index (χ0) is 21.1. The predicted molar refractivity (Wildman–Crippen MR) is 127 cm³/mol. The monoisotopic (exact) mass is 455 g/mol. The molecule has 2 aromatic carbocycles. The first-order valence-corrected chi connectivity index (χ1v) is 11.6. The molecule has 1 amide bonds. The average Bonchev–Trinajstić information content (AvgIpc) is 3.17. The Bertz CT molecular complexity index is 1250. The van der Waals surface area contributed by atoms with Gasteiger partial charge in [0, 0.05) is 21.7 Å². The standard InChI is InChI=1S/C22H18ClN3O2S2/c1-13(20(27)24-16-9-5-8-15(23)10-16)29-12-18-25-21(28)19-17(11-30-22(19)26-18)14-6-3-2-4-7-14/h2-11,13H,12H2,1H3,(H,24,27)(H,25,26,28). The summed E-state index contributed by atoms with van der Waals surface area (Å²) in [6.07, 6.45) is 0. The maximum atomic E-state index is 12.7. The minimum absolute atomic E-state index is 0.131. The maximum Gasteiger partial charge on any atom is 0.260 e. The largest absolute Gasteiger partial charge is 0.325 e. The Morgan fingerprint density at radius 3 is 2.80 bits per heavy atom. The average molecular weight is 456 g/mol. The van der Waals surface area contributed by atoms with Crippen molar-refractivity contribution < 1.29 is 4.79 Å². The van der Waals surface area contributed by atoms with Gasteiger partial charge >= 0.3 is 0 Å². The number of thioether (sulfide) groups is 1. The lowest BCUT2D eigenvalue weighted by Crippen LogP contribution is -2.23. The van der Waals surface area contributed by atoms with E-state index < -0.39 is 0 Å². The second-order valence-corrected chi connectivity index (χ2v) is 9.28. The van der Waals surface area contributed by atoms with E-state index >= 15 is 0 Å². The molecule has 4 aromatic rings. The first kappa shape index (κ1) is 20.7. The normalized spacial score (nSPS) is 12.1. The lowest BCUT2D eigenvalue weighted by molar-refractivity contribution is -0.115. The molecule has 2 N–H and O–H groups in total. The zero-order valence-corrected chi connectivity index (χ0v) is 18.4. The van der Waals surface area contributed by atoms with Gasteiger partial charge in [0.25, 0.3) is 5.56 Å². The molecule has 0 saturated carbocycles. The molecule has 0 aliphatic heterocycles. The Morgan fingerprint density at radius 1 is 1.23 bits per heavy atom. The van der Waals surface area contributed by atoms with Crippen LogP contribution >= 0.6 is 34.7 Å². The number of hydrogen-bond donors (Lipinski definition) is 2. The van der Waals surface area contributed by atoms with Crippen molar-refractivity contribution in [2.24, 2.45) is 0 Å². The molecule has 30 heavy (non-hydrogen) atoms. The lowest BCUT2D eigenvalue weighted by Gasteiger charge is -2.12. The van der Waals surface area contributed by atoms with E-state index in [0.29, 0.717) is 32.5 Å². The molecule has 0 fully saturated rings. The molecular weight excluding hydrogens is 438 g/mol. The number of nitrogens with one attached hydrogen (secondary N) is 2. The number of hydrogen-bond acceptors (Lipinski definition) is 5. The van der Waals surface area contributed by atoms with Crippen LogP contribution in [0.15, 0.2) is 64.8 Å². The third kappa shape index (κ3) is 4.59. The molecule has 0 spiro atoms. The van der Waals surface area contributed by atoms with Crippen molar-refractivity contribution in [3.8, 4) is 11.1 Å². The Kier molecular flexibility index (Phi) is 6.22. The molecule has 0 saturated heterocycles. The number of carbonyl (C=O) groups is 1. The zero-order valence-electron chi connectivity index (χ0n) is 16.0.